The van der Waals surface area contributed by atoms with Gasteiger partial charge in [-0.05, 0) is 13.0 Å². The summed E-state index contributed by atoms with van der Waals surface area (Å²) in [7, 11) is 1.41. The zero-order valence-corrected chi connectivity index (χ0v) is 11.3. The molecule has 1 aromatic carbocycles. The van der Waals surface area contributed by atoms with Gasteiger partial charge in [-0.15, -0.1) is 0 Å². The summed E-state index contributed by atoms with van der Waals surface area (Å²) in [6.45, 7) is 2.40. The van der Waals surface area contributed by atoms with Crippen molar-refractivity contribution in [2.45, 2.75) is 6.92 Å². The van der Waals surface area contributed by atoms with Gasteiger partial charge in [0.15, 0.2) is 11.5 Å². The molecule has 0 unspecified atom stereocenters. The minimum absolute atomic E-state index is 0.0771. The second kappa shape index (κ2) is 7.95. The standard InChI is InChI=1S/C12H17N3O5/c1-3-20-12-6-9(8-14-13-4-5-16)10(15(17)18)7-11(12)19-2/h6-8,13,16H,3-5H2,1-2H3. The maximum atomic E-state index is 11.0. The first-order valence-electron chi connectivity index (χ1n) is 6.00. The molecule has 8 heteroatoms. The summed E-state index contributed by atoms with van der Waals surface area (Å²) in [5.74, 6) is 0.697. The average molecular weight is 283 g/mol. The second-order valence-electron chi connectivity index (χ2n) is 3.64. The van der Waals surface area contributed by atoms with Crippen LogP contribution in [0.3, 0.4) is 0 Å². The van der Waals surface area contributed by atoms with Crippen LogP contribution in [0.5, 0.6) is 11.5 Å². The fourth-order valence-corrected chi connectivity index (χ4v) is 1.48. The Labute approximate surface area is 116 Å². The lowest BCUT2D eigenvalue weighted by Crippen LogP contribution is -2.11. The molecule has 0 aliphatic rings. The lowest BCUT2D eigenvalue weighted by molar-refractivity contribution is -0.385. The van der Waals surface area contributed by atoms with Crippen molar-refractivity contribution in [2.24, 2.45) is 5.10 Å². The first kappa shape index (κ1) is 15.7. The van der Waals surface area contributed by atoms with E-state index >= 15 is 0 Å². The van der Waals surface area contributed by atoms with Crippen LogP contribution >= 0.6 is 0 Å². The lowest BCUT2D eigenvalue weighted by atomic mass is 10.1. The molecule has 0 saturated carbocycles. The van der Waals surface area contributed by atoms with E-state index in [0.29, 0.717) is 18.1 Å². The Morgan fingerprint density at radius 1 is 1.50 bits per heavy atom. The van der Waals surface area contributed by atoms with Gasteiger partial charge in [-0.25, -0.2) is 0 Å². The van der Waals surface area contributed by atoms with Crippen LogP contribution < -0.4 is 14.9 Å². The van der Waals surface area contributed by atoms with Gasteiger partial charge < -0.3 is 20.0 Å². The molecule has 0 radical (unpaired) electrons. The number of aliphatic hydroxyl groups is 1. The van der Waals surface area contributed by atoms with E-state index in [2.05, 4.69) is 10.5 Å². The van der Waals surface area contributed by atoms with E-state index in [0.717, 1.165) is 0 Å². The first-order valence-corrected chi connectivity index (χ1v) is 6.00. The number of hydrogen-bond acceptors (Lipinski definition) is 7. The van der Waals surface area contributed by atoms with E-state index in [1.54, 1.807) is 6.92 Å². The van der Waals surface area contributed by atoms with Crippen molar-refractivity contribution in [1.29, 1.82) is 0 Å². The molecule has 0 bridgehead atoms. The second-order valence-corrected chi connectivity index (χ2v) is 3.64. The van der Waals surface area contributed by atoms with Crippen LogP contribution in [0.1, 0.15) is 12.5 Å². The van der Waals surface area contributed by atoms with E-state index < -0.39 is 4.92 Å². The average Bonchev–Trinajstić information content (AvgIpc) is 2.43. The number of nitro groups is 1. The van der Waals surface area contributed by atoms with E-state index in [9.17, 15) is 10.1 Å². The minimum atomic E-state index is -0.522. The third kappa shape index (κ3) is 4.09. The van der Waals surface area contributed by atoms with Gasteiger partial charge >= 0.3 is 0 Å². The zero-order chi connectivity index (χ0) is 15.0. The molecule has 0 aromatic heterocycles. The van der Waals surface area contributed by atoms with Gasteiger partial charge in [-0.1, -0.05) is 0 Å². The quantitative estimate of drug-likeness (QED) is 0.318. The molecule has 2 N–H and O–H groups in total. The molecule has 0 heterocycles. The molecule has 1 aromatic rings. The van der Waals surface area contributed by atoms with E-state index in [1.165, 1.54) is 25.5 Å². The van der Waals surface area contributed by atoms with E-state index in [4.69, 9.17) is 14.6 Å². The number of hydrazone groups is 1. The van der Waals surface area contributed by atoms with Crippen molar-refractivity contribution in [1.82, 2.24) is 5.43 Å². The van der Waals surface area contributed by atoms with Gasteiger partial charge in [-0.3, -0.25) is 10.1 Å². The minimum Gasteiger partial charge on any atom is -0.493 e. The van der Waals surface area contributed by atoms with E-state index in [1.807, 2.05) is 0 Å². The van der Waals surface area contributed by atoms with Crippen molar-refractivity contribution in [3.63, 3.8) is 0 Å². The van der Waals surface area contributed by atoms with Crippen LogP contribution in [-0.4, -0.2) is 43.1 Å². The largest absolute Gasteiger partial charge is 0.493 e. The maximum absolute atomic E-state index is 11.0. The van der Waals surface area contributed by atoms with Gasteiger partial charge in [0.05, 0.1) is 49.6 Å². The Morgan fingerprint density at radius 2 is 2.25 bits per heavy atom. The number of rotatable bonds is 8. The first-order chi connectivity index (χ1) is 9.63. The normalized spacial score (nSPS) is 10.6. The summed E-state index contributed by atoms with van der Waals surface area (Å²) in [6, 6.07) is 2.78. The molecule has 110 valence electrons. The van der Waals surface area contributed by atoms with Crippen LogP contribution in [-0.2, 0) is 0 Å². The van der Waals surface area contributed by atoms with Crippen molar-refractivity contribution in [3.05, 3.63) is 27.8 Å². The van der Waals surface area contributed by atoms with Crippen molar-refractivity contribution >= 4 is 11.9 Å². The van der Waals surface area contributed by atoms with Gasteiger partial charge in [-0.2, -0.15) is 5.10 Å². The number of benzene rings is 1. The fraction of sp³-hybridized carbons (Fsp3) is 0.417. The number of nitro benzene ring substituents is 1. The molecule has 0 amide bonds. The number of methoxy groups -OCH3 is 1. The lowest BCUT2D eigenvalue weighted by Gasteiger charge is -2.10. The SMILES string of the molecule is CCOc1cc(C=NNCCO)c([N+](=O)[O-])cc1OC. The number of hydrogen-bond donors (Lipinski definition) is 2. The van der Waals surface area contributed by atoms with Gasteiger partial charge in [0.2, 0.25) is 0 Å². The number of nitrogens with one attached hydrogen (secondary N) is 1. The molecule has 0 saturated heterocycles. The Balaban J connectivity index is 3.14. The number of aliphatic hydroxyl groups excluding tert-OH is 1. The van der Waals surface area contributed by atoms with Crippen LogP contribution in [0.4, 0.5) is 5.69 Å². The van der Waals surface area contributed by atoms with Crippen molar-refractivity contribution in [3.8, 4) is 11.5 Å². The number of ether oxygens (including phenoxy) is 2. The summed E-state index contributed by atoms with van der Waals surface area (Å²) in [5, 5.41) is 23.4. The van der Waals surface area contributed by atoms with Crippen LogP contribution in [0.15, 0.2) is 17.2 Å². The van der Waals surface area contributed by atoms with Gasteiger partial charge in [0.25, 0.3) is 5.69 Å². The van der Waals surface area contributed by atoms with Crippen molar-refractivity contribution in [2.75, 3.05) is 26.9 Å². The Hall–Kier alpha value is -2.35. The smallest absolute Gasteiger partial charge is 0.282 e. The van der Waals surface area contributed by atoms with Gasteiger partial charge in [0.1, 0.15) is 0 Å². The maximum Gasteiger partial charge on any atom is 0.282 e. The van der Waals surface area contributed by atoms with Crippen LogP contribution in [0.2, 0.25) is 0 Å². The molecule has 1 rings (SSSR count). The molecule has 0 aliphatic heterocycles. The summed E-state index contributed by atoms with van der Waals surface area (Å²) in [4.78, 5) is 10.5. The molecule has 8 nitrogen and oxygen atoms in total. The predicted octanol–water partition coefficient (Wildman–Crippen LogP) is 0.918. The zero-order valence-electron chi connectivity index (χ0n) is 11.3. The molecule has 0 fully saturated rings. The highest BCUT2D eigenvalue weighted by atomic mass is 16.6. The van der Waals surface area contributed by atoms with Crippen molar-refractivity contribution < 1.29 is 19.5 Å². The third-order valence-electron chi connectivity index (χ3n) is 2.33. The molecule has 0 atom stereocenters. The monoisotopic (exact) mass is 283 g/mol. The Kier molecular flexibility index (Phi) is 6.24. The summed E-state index contributed by atoms with van der Waals surface area (Å²) < 4.78 is 10.4. The van der Waals surface area contributed by atoms with Crippen LogP contribution in [0.25, 0.3) is 0 Å². The fourth-order valence-electron chi connectivity index (χ4n) is 1.48. The molecular formula is C12H17N3O5. The van der Waals surface area contributed by atoms with Gasteiger partial charge in [0, 0.05) is 0 Å². The van der Waals surface area contributed by atoms with E-state index in [-0.39, 0.29) is 24.4 Å². The van der Waals surface area contributed by atoms with Crippen LogP contribution in [0, 0.1) is 10.1 Å². The highest BCUT2D eigenvalue weighted by Crippen LogP contribution is 2.33. The number of nitrogens with zero attached hydrogens (tertiary/aromatic N) is 2. The summed E-state index contributed by atoms with van der Waals surface area (Å²) in [6.07, 6.45) is 1.30. The Morgan fingerprint density at radius 3 is 2.80 bits per heavy atom. The summed E-state index contributed by atoms with van der Waals surface area (Å²) in [5.41, 5.74) is 2.70. The highest BCUT2D eigenvalue weighted by molar-refractivity contribution is 5.86. The third-order valence-corrected chi connectivity index (χ3v) is 2.33. The molecular weight excluding hydrogens is 266 g/mol. The highest BCUT2D eigenvalue weighted by Gasteiger charge is 2.18. The Bertz CT molecular complexity index is 490. The predicted molar refractivity (Wildman–Crippen MR) is 73.5 cm³/mol. The topological polar surface area (TPSA) is 106 Å². The molecule has 20 heavy (non-hydrogen) atoms. The molecule has 0 spiro atoms. The molecule has 0 aliphatic carbocycles. The summed E-state index contributed by atoms with van der Waals surface area (Å²) >= 11 is 0.